The van der Waals surface area contributed by atoms with Gasteiger partial charge in [0.15, 0.2) is 0 Å². The van der Waals surface area contributed by atoms with Crippen molar-refractivity contribution in [2.75, 3.05) is 0 Å². The molecule has 0 rings (SSSR count). The molecule has 0 spiro atoms. The average molecular weight is 278 g/mol. The highest BCUT2D eigenvalue weighted by Gasteiger charge is 1.91. The molecule has 0 aliphatic rings. The van der Waals surface area contributed by atoms with Crippen molar-refractivity contribution in [3.8, 4) is 12.0 Å². The lowest BCUT2D eigenvalue weighted by Gasteiger charge is -2.00. The maximum atomic E-state index is 10.4. The van der Waals surface area contributed by atoms with Crippen molar-refractivity contribution >= 4 is 5.97 Å². The van der Waals surface area contributed by atoms with Gasteiger partial charge in [-0.15, -0.1) is 0 Å². The van der Waals surface area contributed by atoms with E-state index < -0.39 is 0 Å². The van der Waals surface area contributed by atoms with Gasteiger partial charge in [-0.25, -0.2) is 0 Å². The first-order chi connectivity index (χ1) is 9.77. The molecule has 0 N–H and O–H groups in total. The lowest BCUT2D eigenvalue weighted by atomic mass is 10.1. The maximum Gasteiger partial charge on any atom is 0.316 e. The van der Waals surface area contributed by atoms with Gasteiger partial charge in [0.1, 0.15) is 6.11 Å². The Kier molecular flexibility index (Phi) is 14.9. The number of carbonyl (C=O) groups excluding carboxylic acids is 1. The first kappa shape index (κ1) is 18.8. The summed E-state index contributed by atoms with van der Waals surface area (Å²) in [6, 6.07) is 0. The van der Waals surface area contributed by atoms with E-state index in [0.717, 1.165) is 19.3 Å². The molecule has 0 bridgehead atoms. The molecular formula is C18H30O2. The van der Waals surface area contributed by atoms with E-state index in [0.29, 0.717) is 0 Å². The molecule has 0 saturated carbocycles. The Hall–Kier alpha value is -1.23. The van der Waals surface area contributed by atoms with Crippen LogP contribution in [0.1, 0.15) is 84.5 Å². The molecule has 0 heterocycles. The topological polar surface area (TPSA) is 26.3 Å². The summed E-state index contributed by atoms with van der Waals surface area (Å²) in [6.45, 7) is 3.55. The van der Waals surface area contributed by atoms with E-state index in [4.69, 9.17) is 0 Å². The summed E-state index contributed by atoms with van der Waals surface area (Å²) in [6.07, 6.45) is 20.6. The Balaban J connectivity index is 3.11. The van der Waals surface area contributed by atoms with Crippen LogP contribution in [0, 0.1) is 12.0 Å². The summed E-state index contributed by atoms with van der Waals surface area (Å²) in [5.41, 5.74) is 0. The highest BCUT2D eigenvalue weighted by molar-refractivity contribution is 5.67. The molecule has 2 heteroatoms. The Labute approximate surface area is 125 Å². The highest BCUT2D eigenvalue weighted by Crippen LogP contribution is 2.10. The number of hydrogen-bond donors (Lipinski definition) is 0. The van der Waals surface area contributed by atoms with Crippen LogP contribution >= 0.6 is 0 Å². The lowest BCUT2D eigenvalue weighted by molar-refractivity contribution is -0.134. The summed E-state index contributed by atoms with van der Waals surface area (Å²) in [5, 5.41) is 0. The van der Waals surface area contributed by atoms with Crippen LogP contribution < -0.4 is 0 Å². The van der Waals surface area contributed by atoms with E-state index in [9.17, 15) is 4.79 Å². The van der Waals surface area contributed by atoms with Crippen molar-refractivity contribution in [3.05, 3.63) is 12.2 Å². The second kappa shape index (κ2) is 15.8. The fourth-order valence-corrected chi connectivity index (χ4v) is 1.98. The van der Waals surface area contributed by atoms with Gasteiger partial charge in [-0.2, -0.15) is 0 Å². The Bertz CT molecular complexity index is 307. The van der Waals surface area contributed by atoms with Crippen LogP contribution in [-0.2, 0) is 9.53 Å². The van der Waals surface area contributed by atoms with Gasteiger partial charge in [0.25, 0.3) is 0 Å². The van der Waals surface area contributed by atoms with Crippen molar-refractivity contribution < 1.29 is 9.53 Å². The Morgan fingerprint density at radius 2 is 1.55 bits per heavy atom. The monoisotopic (exact) mass is 278 g/mol. The van der Waals surface area contributed by atoms with Crippen LogP contribution in [-0.4, -0.2) is 5.97 Å². The lowest BCUT2D eigenvalue weighted by Crippen LogP contribution is -1.89. The fraction of sp³-hybridized carbons (Fsp3) is 0.722. The third kappa shape index (κ3) is 16.8. The third-order valence-corrected chi connectivity index (χ3v) is 3.09. The molecule has 0 aliphatic carbocycles. The van der Waals surface area contributed by atoms with Gasteiger partial charge >= 0.3 is 5.97 Å². The van der Waals surface area contributed by atoms with Gasteiger partial charge in [-0.3, -0.25) is 4.79 Å². The van der Waals surface area contributed by atoms with Gasteiger partial charge in [0.2, 0.25) is 0 Å². The first-order valence-corrected chi connectivity index (χ1v) is 8.07. The first-order valence-electron chi connectivity index (χ1n) is 8.07. The normalized spacial score (nSPS) is 10.3. The predicted octanol–water partition coefficient (Wildman–Crippen LogP) is 5.38. The van der Waals surface area contributed by atoms with Crippen LogP contribution in [0.15, 0.2) is 12.2 Å². The molecule has 2 nitrogen and oxygen atoms in total. The maximum absolute atomic E-state index is 10.4. The molecule has 0 amide bonds. The van der Waals surface area contributed by atoms with Gasteiger partial charge in [-0.05, 0) is 25.7 Å². The molecule has 20 heavy (non-hydrogen) atoms. The smallest absolute Gasteiger partial charge is 0.316 e. The molecule has 0 unspecified atom stereocenters. The Morgan fingerprint density at radius 3 is 2.15 bits per heavy atom. The number of hydrogen-bond acceptors (Lipinski definition) is 2. The molecule has 0 saturated heterocycles. The number of esters is 1. The molecule has 0 radical (unpaired) electrons. The summed E-state index contributed by atoms with van der Waals surface area (Å²) in [5.74, 6) is 2.52. The van der Waals surface area contributed by atoms with Gasteiger partial charge in [0, 0.05) is 13.3 Å². The number of unbranched alkanes of at least 4 members (excludes halogenated alkanes) is 9. The molecule has 0 atom stereocenters. The van der Waals surface area contributed by atoms with E-state index in [-0.39, 0.29) is 5.97 Å². The largest absolute Gasteiger partial charge is 0.372 e. The quantitative estimate of drug-likeness (QED) is 0.219. The van der Waals surface area contributed by atoms with Crippen LogP contribution in [0.5, 0.6) is 0 Å². The van der Waals surface area contributed by atoms with E-state index in [1.54, 1.807) is 0 Å². The number of ether oxygens (including phenoxy) is 1. The molecular weight excluding hydrogens is 248 g/mol. The molecule has 0 fully saturated rings. The molecule has 0 aromatic carbocycles. The summed E-state index contributed by atoms with van der Waals surface area (Å²) in [4.78, 5) is 10.4. The minimum absolute atomic E-state index is 0.331. The standard InChI is InChI=1S/C18H30O2/c1-3-4-5-6-7-8-9-10-11-12-13-14-15-16-17-20-18(2)19/h4-5H,3,6-15H2,1-2H3/b5-4-. The molecule has 0 aromatic heterocycles. The zero-order chi connectivity index (χ0) is 14.9. The summed E-state index contributed by atoms with van der Waals surface area (Å²) >= 11 is 0. The third-order valence-electron chi connectivity index (χ3n) is 3.09. The van der Waals surface area contributed by atoms with Crippen molar-refractivity contribution in [1.82, 2.24) is 0 Å². The number of carbonyl (C=O) groups is 1. The van der Waals surface area contributed by atoms with Crippen LogP contribution in [0.2, 0.25) is 0 Å². The van der Waals surface area contributed by atoms with Crippen LogP contribution in [0.4, 0.5) is 0 Å². The SMILES string of the molecule is CC/C=C\CCCCCCCCCCC#COC(C)=O. The molecule has 0 aromatic rings. The zero-order valence-corrected chi connectivity index (χ0v) is 13.2. The predicted molar refractivity (Wildman–Crippen MR) is 85.1 cm³/mol. The fourth-order valence-electron chi connectivity index (χ4n) is 1.98. The summed E-state index contributed by atoms with van der Waals surface area (Å²) in [7, 11) is 0. The Morgan fingerprint density at radius 1 is 0.950 bits per heavy atom. The van der Waals surface area contributed by atoms with Crippen LogP contribution in [0.25, 0.3) is 0 Å². The van der Waals surface area contributed by atoms with Crippen molar-refractivity contribution in [1.29, 1.82) is 0 Å². The van der Waals surface area contributed by atoms with Gasteiger partial charge in [-0.1, -0.05) is 63.5 Å². The minimum Gasteiger partial charge on any atom is -0.372 e. The second-order valence-electron chi connectivity index (χ2n) is 5.12. The zero-order valence-electron chi connectivity index (χ0n) is 13.2. The molecule has 0 aliphatic heterocycles. The van der Waals surface area contributed by atoms with Crippen molar-refractivity contribution in [2.45, 2.75) is 84.5 Å². The number of rotatable bonds is 11. The number of allylic oxidation sites excluding steroid dienone is 2. The van der Waals surface area contributed by atoms with Crippen molar-refractivity contribution in [2.24, 2.45) is 0 Å². The highest BCUT2D eigenvalue weighted by atomic mass is 16.5. The van der Waals surface area contributed by atoms with Crippen molar-refractivity contribution in [3.63, 3.8) is 0 Å². The average Bonchev–Trinajstić information content (AvgIpc) is 2.43. The minimum atomic E-state index is -0.331. The van der Waals surface area contributed by atoms with E-state index in [1.165, 1.54) is 58.3 Å². The van der Waals surface area contributed by atoms with E-state index in [1.807, 2.05) is 0 Å². The molecule has 114 valence electrons. The second-order valence-corrected chi connectivity index (χ2v) is 5.12. The summed E-state index contributed by atoms with van der Waals surface area (Å²) < 4.78 is 4.54. The van der Waals surface area contributed by atoms with Gasteiger partial charge in [0.05, 0.1) is 0 Å². The van der Waals surface area contributed by atoms with E-state index in [2.05, 4.69) is 35.8 Å². The van der Waals surface area contributed by atoms with Gasteiger partial charge < -0.3 is 4.74 Å². The van der Waals surface area contributed by atoms with E-state index >= 15 is 0 Å². The van der Waals surface area contributed by atoms with Crippen LogP contribution in [0.3, 0.4) is 0 Å².